The number of hydrogen-bond donors (Lipinski definition) is 1. The molecule has 0 aliphatic heterocycles. The van der Waals surface area contributed by atoms with E-state index in [2.05, 4.69) is 20.8 Å². The van der Waals surface area contributed by atoms with E-state index in [1.54, 1.807) is 43.3 Å². The molecule has 0 radical (unpaired) electrons. The molecule has 0 fully saturated rings. The minimum atomic E-state index is -0.870. The molecule has 0 aliphatic carbocycles. The van der Waals surface area contributed by atoms with E-state index in [1.165, 1.54) is 0 Å². The van der Waals surface area contributed by atoms with E-state index in [0.29, 0.717) is 16.7 Å². The monoisotopic (exact) mass is 340 g/mol. The molecule has 4 heteroatoms. The van der Waals surface area contributed by atoms with Crippen molar-refractivity contribution < 1.29 is 19.4 Å². The average molecular weight is 340 g/mol. The molecule has 1 N–H and O–H groups in total. The molecule has 0 aromatic heterocycles. The van der Waals surface area contributed by atoms with Gasteiger partial charge in [-0.25, -0.2) is 4.79 Å². The Balaban J connectivity index is 2.05. The lowest BCUT2D eigenvalue weighted by atomic mass is 9.86. The van der Waals surface area contributed by atoms with Crippen molar-refractivity contribution in [2.75, 3.05) is 0 Å². The van der Waals surface area contributed by atoms with Crippen LogP contribution in [0.5, 0.6) is 0 Å². The van der Waals surface area contributed by atoms with E-state index in [-0.39, 0.29) is 17.8 Å². The fourth-order valence-corrected chi connectivity index (χ4v) is 2.40. The van der Waals surface area contributed by atoms with Gasteiger partial charge in [-0.1, -0.05) is 57.2 Å². The highest BCUT2D eigenvalue weighted by atomic mass is 16.5. The Kier molecular flexibility index (Phi) is 5.75. The van der Waals surface area contributed by atoms with Crippen molar-refractivity contribution in [1.82, 2.24) is 0 Å². The Morgan fingerprint density at radius 3 is 1.96 bits per heavy atom. The number of aliphatic hydroxyl groups is 1. The van der Waals surface area contributed by atoms with Crippen LogP contribution < -0.4 is 0 Å². The molecular weight excluding hydrogens is 316 g/mol. The summed E-state index contributed by atoms with van der Waals surface area (Å²) in [7, 11) is 0. The lowest BCUT2D eigenvalue weighted by Gasteiger charge is -2.19. The lowest BCUT2D eigenvalue weighted by molar-refractivity contribution is 0.0319. The standard InChI is InChI=1S/C21H24O4/c1-14(25-20(24)17-7-5-15(13-22)6-8-17)19(23)16-9-11-18(12-10-16)21(2,3)4/h5-12,14,22H,13H2,1-4H3/t14-/m1/s1. The van der Waals surface area contributed by atoms with E-state index in [9.17, 15) is 9.59 Å². The lowest BCUT2D eigenvalue weighted by Crippen LogP contribution is -2.24. The van der Waals surface area contributed by atoms with Crippen LogP contribution in [0.1, 0.15) is 59.5 Å². The second-order valence-electron chi connectivity index (χ2n) is 7.09. The number of hydrogen-bond acceptors (Lipinski definition) is 4. The first kappa shape index (κ1) is 18.9. The predicted octanol–water partition coefficient (Wildman–Crippen LogP) is 3.90. The van der Waals surface area contributed by atoms with Gasteiger partial charge in [0.1, 0.15) is 0 Å². The fourth-order valence-electron chi connectivity index (χ4n) is 2.40. The highest BCUT2D eigenvalue weighted by Gasteiger charge is 2.21. The van der Waals surface area contributed by atoms with Gasteiger partial charge >= 0.3 is 5.97 Å². The summed E-state index contributed by atoms with van der Waals surface area (Å²) in [6.07, 6.45) is -0.870. The molecule has 0 heterocycles. The molecule has 4 nitrogen and oxygen atoms in total. The zero-order chi connectivity index (χ0) is 18.6. The van der Waals surface area contributed by atoms with Crippen LogP contribution in [0.2, 0.25) is 0 Å². The molecule has 25 heavy (non-hydrogen) atoms. The number of ether oxygens (including phenoxy) is 1. The van der Waals surface area contributed by atoms with Crippen LogP contribution in [0.4, 0.5) is 0 Å². The van der Waals surface area contributed by atoms with Gasteiger partial charge in [0, 0.05) is 5.56 Å². The number of benzene rings is 2. The number of aliphatic hydroxyl groups excluding tert-OH is 1. The zero-order valence-corrected chi connectivity index (χ0v) is 15.1. The van der Waals surface area contributed by atoms with E-state index in [4.69, 9.17) is 9.84 Å². The van der Waals surface area contributed by atoms with Gasteiger partial charge < -0.3 is 9.84 Å². The Hall–Kier alpha value is -2.46. The molecule has 2 aromatic rings. The number of ketones is 1. The minimum Gasteiger partial charge on any atom is -0.451 e. The van der Waals surface area contributed by atoms with Gasteiger partial charge in [0.25, 0.3) is 0 Å². The molecule has 2 aromatic carbocycles. The van der Waals surface area contributed by atoms with Crippen LogP contribution in [0.25, 0.3) is 0 Å². The summed E-state index contributed by atoms with van der Waals surface area (Å²) in [6, 6.07) is 13.8. The van der Waals surface area contributed by atoms with Crippen LogP contribution in [0.3, 0.4) is 0 Å². The molecule has 1 atom stereocenters. The largest absolute Gasteiger partial charge is 0.451 e. The first-order valence-electron chi connectivity index (χ1n) is 8.28. The molecule has 2 rings (SSSR count). The second kappa shape index (κ2) is 7.62. The van der Waals surface area contributed by atoms with Gasteiger partial charge in [0.05, 0.1) is 12.2 Å². The second-order valence-corrected chi connectivity index (χ2v) is 7.09. The predicted molar refractivity (Wildman–Crippen MR) is 96.7 cm³/mol. The van der Waals surface area contributed by atoms with E-state index in [1.807, 2.05) is 12.1 Å². The number of carbonyl (C=O) groups is 2. The SMILES string of the molecule is C[C@@H](OC(=O)c1ccc(CO)cc1)C(=O)c1ccc(C(C)(C)C)cc1. The van der Waals surface area contributed by atoms with E-state index in [0.717, 1.165) is 5.56 Å². The topological polar surface area (TPSA) is 63.6 Å². The first-order valence-corrected chi connectivity index (χ1v) is 8.28. The third kappa shape index (κ3) is 4.77. The Morgan fingerprint density at radius 2 is 1.48 bits per heavy atom. The maximum atomic E-state index is 12.5. The third-order valence-corrected chi connectivity index (χ3v) is 4.06. The maximum absolute atomic E-state index is 12.5. The van der Waals surface area contributed by atoms with Gasteiger partial charge in [0.15, 0.2) is 6.10 Å². The summed E-state index contributed by atoms with van der Waals surface area (Å²) in [5.41, 5.74) is 2.72. The van der Waals surface area contributed by atoms with Crippen molar-refractivity contribution in [3.8, 4) is 0 Å². The number of rotatable bonds is 5. The van der Waals surface area contributed by atoms with Crippen molar-refractivity contribution in [2.45, 2.75) is 45.8 Å². The summed E-state index contributed by atoms with van der Waals surface area (Å²) < 4.78 is 5.27. The molecule has 0 saturated heterocycles. The molecule has 132 valence electrons. The van der Waals surface area contributed by atoms with E-state index >= 15 is 0 Å². The van der Waals surface area contributed by atoms with Gasteiger partial charge in [-0.05, 0) is 35.6 Å². The molecule has 0 aliphatic rings. The zero-order valence-electron chi connectivity index (χ0n) is 15.1. The number of Topliss-reactive ketones (excluding diaryl/α,β-unsaturated/α-hetero) is 1. The van der Waals surface area contributed by atoms with E-state index < -0.39 is 12.1 Å². The van der Waals surface area contributed by atoms with Crippen LogP contribution >= 0.6 is 0 Å². The number of esters is 1. The maximum Gasteiger partial charge on any atom is 0.338 e. The van der Waals surface area contributed by atoms with Crippen molar-refractivity contribution in [3.63, 3.8) is 0 Å². The summed E-state index contributed by atoms with van der Waals surface area (Å²) in [6.45, 7) is 7.80. The summed E-state index contributed by atoms with van der Waals surface area (Å²) in [5.74, 6) is -0.794. The molecule has 0 unspecified atom stereocenters. The fraction of sp³-hybridized carbons (Fsp3) is 0.333. The van der Waals surface area contributed by atoms with Crippen molar-refractivity contribution in [2.24, 2.45) is 0 Å². The molecule has 0 spiro atoms. The molecule has 0 amide bonds. The first-order chi connectivity index (χ1) is 11.7. The average Bonchev–Trinajstić information content (AvgIpc) is 2.60. The molecule has 0 saturated carbocycles. The summed E-state index contributed by atoms with van der Waals surface area (Å²) in [4.78, 5) is 24.6. The van der Waals surface area contributed by atoms with Crippen LogP contribution in [0.15, 0.2) is 48.5 Å². The third-order valence-electron chi connectivity index (χ3n) is 4.06. The Morgan fingerprint density at radius 1 is 0.960 bits per heavy atom. The molecule has 0 bridgehead atoms. The minimum absolute atomic E-state index is 0.0143. The van der Waals surface area contributed by atoms with Gasteiger partial charge in [-0.2, -0.15) is 0 Å². The highest BCUT2D eigenvalue weighted by Crippen LogP contribution is 2.22. The van der Waals surface area contributed by atoms with Crippen LogP contribution in [-0.4, -0.2) is 23.0 Å². The van der Waals surface area contributed by atoms with Crippen molar-refractivity contribution in [3.05, 3.63) is 70.8 Å². The quantitative estimate of drug-likeness (QED) is 0.662. The van der Waals surface area contributed by atoms with Crippen molar-refractivity contribution in [1.29, 1.82) is 0 Å². The Labute approximate surface area is 148 Å². The summed E-state index contributed by atoms with van der Waals surface area (Å²) >= 11 is 0. The summed E-state index contributed by atoms with van der Waals surface area (Å²) in [5, 5.41) is 9.02. The normalized spacial score (nSPS) is 12.5. The molecular formula is C21H24O4. The van der Waals surface area contributed by atoms with Gasteiger partial charge in [0.2, 0.25) is 5.78 Å². The van der Waals surface area contributed by atoms with Crippen LogP contribution in [-0.2, 0) is 16.8 Å². The smallest absolute Gasteiger partial charge is 0.338 e. The van der Waals surface area contributed by atoms with Crippen molar-refractivity contribution >= 4 is 11.8 Å². The van der Waals surface area contributed by atoms with Gasteiger partial charge in [-0.15, -0.1) is 0 Å². The Bertz CT molecular complexity index is 737. The van der Waals surface area contributed by atoms with Crippen LogP contribution in [0, 0.1) is 0 Å². The van der Waals surface area contributed by atoms with Gasteiger partial charge in [-0.3, -0.25) is 4.79 Å². The highest BCUT2D eigenvalue weighted by molar-refractivity contribution is 6.01. The number of carbonyl (C=O) groups excluding carboxylic acids is 2.